The van der Waals surface area contributed by atoms with Crippen molar-refractivity contribution in [2.75, 3.05) is 19.4 Å². The van der Waals surface area contributed by atoms with Gasteiger partial charge in [0.05, 0.1) is 21.6 Å². The fraction of sp³-hybridized carbons (Fsp3) is 0.500. The fourth-order valence-electron chi connectivity index (χ4n) is 3.94. The van der Waals surface area contributed by atoms with Gasteiger partial charge in [-0.1, -0.05) is 13.3 Å². The number of amides is 1. The molecule has 0 radical (unpaired) electrons. The van der Waals surface area contributed by atoms with Gasteiger partial charge in [0, 0.05) is 38.4 Å². The number of rotatable bonds is 9. The van der Waals surface area contributed by atoms with Crippen molar-refractivity contribution in [2.24, 2.45) is 0 Å². The lowest BCUT2D eigenvalue weighted by molar-refractivity contribution is -0.116. The minimum Gasteiger partial charge on any atom is -0.328 e. The highest BCUT2D eigenvalue weighted by molar-refractivity contribution is 7.89. The molecule has 1 aromatic carbocycles. The van der Waals surface area contributed by atoms with Gasteiger partial charge < -0.3 is 9.88 Å². The van der Waals surface area contributed by atoms with Crippen LogP contribution in [0.15, 0.2) is 23.1 Å². The van der Waals surface area contributed by atoms with Crippen molar-refractivity contribution in [3.8, 4) is 0 Å². The Hall–Kier alpha value is -2.30. The second-order valence-electron chi connectivity index (χ2n) is 8.26. The second kappa shape index (κ2) is 9.29. The summed E-state index contributed by atoms with van der Waals surface area (Å²) >= 11 is 1.57. The van der Waals surface area contributed by atoms with Gasteiger partial charge in [0.25, 0.3) is 0 Å². The first-order chi connectivity index (χ1) is 15.3. The standard InChI is InChI=1S/C22H29N5O3S2/c1-4-5-13-27-18-10-9-15(32(29,30)26(2)3)14-17(18)23-20(27)11-12-21(28)25-22-24-16-7-6-8-19(16)31-22/h9-10,14H,4-8,11-13H2,1-3H3,(H,24,25,28). The number of fused-ring (bicyclic) bond motifs is 2. The maximum Gasteiger partial charge on any atom is 0.242 e. The molecule has 0 saturated heterocycles. The minimum atomic E-state index is -3.53. The predicted octanol–water partition coefficient (Wildman–Crippen LogP) is 3.60. The Labute approximate surface area is 192 Å². The van der Waals surface area contributed by atoms with Crippen LogP contribution in [0.3, 0.4) is 0 Å². The van der Waals surface area contributed by atoms with Crippen molar-refractivity contribution in [2.45, 2.75) is 63.3 Å². The number of anilines is 1. The number of imidazole rings is 1. The van der Waals surface area contributed by atoms with E-state index in [4.69, 9.17) is 4.98 Å². The third-order valence-corrected chi connectivity index (χ3v) is 8.61. The lowest BCUT2D eigenvalue weighted by atomic mass is 10.2. The summed E-state index contributed by atoms with van der Waals surface area (Å²) in [5.41, 5.74) is 2.65. The normalized spacial score (nSPS) is 13.8. The van der Waals surface area contributed by atoms with Crippen LogP contribution in [0.1, 0.15) is 49.0 Å². The van der Waals surface area contributed by atoms with E-state index in [0.717, 1.165) is 55.7 Å². The summed E-state index contributed by atoms with van der Waals surface area (Å²) in [5, 5.41) is 3.60. The van der Waals surface area contributed by atoms with Gasteiger partial charge in [-0.05, 0) is 43.9 Å². The molecule has 1 aliphatic carbocycles. The molecule has 0 bridgehead atoms. The average Bonchev–Trinajstić information content (AvgIpc) is 3.43. The second-order valence-corrected chi connectivity index (χ2v) is 11.5. The minimum absolute atomic E-state index is 0.0811. The Morgan fingerprint density at radius 1 is 1.25 bits per heavy atom. The summed E-state index contributed by atoms with van der Waals surface area (Å²) in [7, 11) is -0.505. The van der Waals surface area contributed by atoms with Crippen LogP contribution in [0.25, 0.3) is 11.0 Å². The van der Waals surface area contributed by atoms with Gasteiger partial charge in [-0.15, -0.1) is 11.3 Å². The van der Waals surface area contributed by atoms with Gasteiger partial charge in [-0.25, -0.2) is 22.7 Å². The zero-order valence-electron chi connectivity index (χ0n) is 18.7. The molecular formula is C22H29N5O3S2. The van der Waals surface area contributed by atoms with Gasteiger partial charge in [0.15, 0.2) is 5.13 Å². The van der Waals surface area contributed by atoms with E-state index in [9.17, 15) is 13.2 Å². The molecule has 172 valence electrons. The van der Waals surface area contributed by atoms with E-state index in [2.05, 4.69) is 21.8 Å². The van der Waals surface area contributed by atoms with Gasteiger partial charge in [0.1, 0.15) is 5.82 Å². The highest BCUT2D eigenvalue weighted by atomic mass is 32.2. The molecule has 0 aliphatic heterocycles. The van der Waals surface area contributed by atoms with Crippen molar-refractivity contribution in [1.82, 2.24) is 18.8 Å². The van der Waals surface area contributed by atoms with Crippen molar-refractivity contribution in [1.29, 1.82) is 0 Å². The summed E-state index contributed by atoms with van der Waals surface area (Å²) in [6.45, 7) is 2.91. The number of aryl methyl sites for hydroxylation is 4. The topological polar surface area (TPSA) is 97.2 Å². The zero-order valence-corrected chi connectivity index (χ0v) is 20.4. The van der Waals surface area contributed by atoms with Crippen molar-refractivity contribution >= 4 is 43.4 Å². The quantitative estimate of drug-likeness (QED) is 0.510. The number of hydrogen-bond acceptors (Lipinski definition) is 6. The van der Waals surface area contributed by atoms with E-state index in [1.807, 2.05) is 6.07 Å². The first-order valence-corrected chi connectivity index (χ1v) is 13.3. The van der Waals surface area contributed by atoms with Crippen molar-refractivity contribution in [3.05, 3.63) is 34.6 Å². The molecule has 1 aliphatic rings. The third kappa shape index (κ3) is 4.57. The predicted molar refractivity (Wildman–Crippen MR) is 127 cm³/mol. The fourth-order valence-corrected chi connectivity index (χ4v) is 5.93. The molecular weight excluding hydrogens is 446 g/mol. The Kier molecular flexibility index (Phi) is 6.64. The summed E-state index contributed by atoms with van der Waals surface area (Å²) in [4.78, 5) is 23.3. The Bertz CT molecular complexity index is 1220. The lowest BCUT2D eigenvalue weighted by Crippen LogP contribution is -2.22. The number of nitrogens with one attached hydrogen (secondary N) is 1. The number of hydrogen-bond donors (Lipinski definition) is 1. The van der Waals surface area contributed by atoms with Gasteiger partial charge >= 0.3 is 0 Å². The molecule has 10 heteroatoms. The largest absolute Gasteiger partial charge is 0.328 e. The van der Waals surface area contributed by atoms with E-state index in [0.29, 0.717) is 23.5 Å². The molecule has 2 aromatic heterocycles. The van der Waals surface area contributed by atoms with Crippen molar-refractivity contribution in [3.63, 3.8) is 0 Å². The molecule has 4 rings (SSSR count). The number of aromatic nitrogens is 3. The maximum atomic E-state index is 12.5. The molecule has 32 heavy (non-hydrogen) atoms. The number of sulfonamides is 1. The lowest BCUT2D eigenvalue weighted by Gasteiger charge is -2.11. The SMILES string of the molecule is CCCCn1c(CCC(=O)Nc2nc3c(s2)CCC3)nc2cc(S(=O)(=O)N(C)C)ccc21. The molecule has 3 aromatic rings. The number of unbranched alkanes of at least 4 members (excludes halogenated alkanes) is 1. The molecule has 8 nitrogen and oxygen atoms in total. The monoisotopic (exact) mass is 475 g/mol. The first-order valence-electron chi connectivity index (χ1n) is 11.0. The van der Waals surface area contributed by atoms with Crippen LogP contribution in [-0.4, -0.2) is 47.3 Å². The molecule has 0 atom stereocenters. The third-order valence-electron chi connectivity index (χ3n) is 5.73. The average molecular weight is 476 g/mol. The highest BCUT2D eigenvalue weighted by Gasteiger charge is 2.21. The molecule has 0 fully saturated rings. The molecule has 1 amide bonds. The van der Waals surface area contributed by atoms with Crippen LogP contribution in [-0.2, 0) is 40.6 Å². The number of thiazole rings is 1. The van der Waals surface area contributed by atoms with Crippen LogP contribution in [0.2, 0.25) is 0 Å². The molecule has 0 unspecified atom stereocenters. The molecule has 0 spiro atoms. The summed E-state index contributed by atoms with van der Waals surface area (Å²) in [6, 6.07) is 5.06. The van der Waals surface area contributed by atoms with E-state index >= 15 is 0 Å². The zero-order chi connectivity index (χ0) is 22.9. The Morgan fingerprint density at radius 3 is 2.78 bits per heavy atom. The number of benzene rings is 1. The highest BCUT2D eigenvalue weighted by Crippen LogP contribution is 2.30. The van der Waals surface area contributed by atoms with Gasteiger partial charge in [-0.3, -0.25) is 4.79 Å². The van der Waals surface area contributed by atoms with Crippen LogP contribution in [0.4, 0.5) is 5.13 Å². The van der Waals surface area contributed by atoms with Crippen LogP contribution < -0.4 is 5.32 Å². The van der Waals surface area contributed by atoms with Gasteiger partial charge in [-0.2, -0.15) is 0 Å². The Balaban J connectivity index is 1.53. The molecule has 1 N–H and O–H groups in total. The Morgan fingerprint density at radius 2 is 2.06 bits per heavy atom. The van der Waals surface area contributed by atoms with Crippen LogP contribution in [0.5, 0.6) is 0 Å². The summed E-state index contributed by atoms with van der Waals surface area (Å²) in [6.07, 6.45) is 5.97. The molecule has 0 saturated carbocycles. The van der Waals surface area contributed by atoms with E-state index in [1.54, 1.807) is 23.5 Å². The number of carbonyl (C=O) groups excluding carboxylic acids is 1. The smallest absolute Gasteiger partial charge is 0.242 e. The van der Waals surface area contributed by atoms with E-state index in [-0.39, 0.29) is 10.8 Å². The van der Waals surface area contributed by atoms with E-state index in [1.165, 1.54) is 23.3 Å². The van der Waals surface area contributed by atoms with Crippen molar-refractivity contribution < 1.29 is 13.2 Å². The number of carbonyl (C=O) groups is 1. The number of nitrogens with zero attached hydrogens (tertiary/aromatic N) is 4. The summed E-state index contributed by atoms with van der Waals surface area (Å²) < 4.78 is 28.3. The van der Waals surface area contributed by atoms with Crippen LogP contribution >= 0.6 is 11.3 Å². The first kappa shape index (κ1) is 22.9. The van der Waals surface area contributed by atoms with Crippen LogP contribution in [0, 0.1) is 0 Å². The van der Waals surface area contributed by atoms with E-state index < -0.39 is 10.0 Å². The van der Waals surface area contributed by atoms with Gasteiger partial charge in [0.2, 0.25) is 15.9 Å². The maximum absolute atomic E-state index is 12.5. The molecule has 2 heterocycles. The summed E-state index contributed by atoms with van der Waals surface area (Å²) in [5.74, 6) is 0.715.